The number of hydrogen-bond donors (Lipinski definition) is 1. The van der Waals surface area contributed by atoms with Gasteiger partial charge in [0.1, 0.15) is 5.82 Å². The first-order chi connectivity index (χ1) is 17.7. The van der Waals surface area contributed by atoms with Gasteiger partial charge in [-0.25, -0.2) is 4.98 Å². The Morgan fingerprint density at radius 3 is 2.11 bits per heavy atom. The van der Waals surface area contributed by atoms with Gasteiger partial charge in [0.25, 0.3) is 0 Å². The summed E-state index contributed by atoms with van der Waals surface area (Å²) >= 11 is 0. The Hall–Kier alpha value is -1.61. The molecule has 3 heteroatoms. The molecule has 2 heterocycles. The molecule has 0 aromatic carbocycles. The maximum Gasteiger partial charge on any atom is 0.128 e. The minimum atomic E-state index is -0.219. The van der Waals surface area contributed by atoms with Gasteiger partial charge >= 0.3 is 0 Å². The van der Waals surface area contributed by atoms with E-state index in [1.807, 2.05) is 6.92 Å². The molecule has 1 N–H and O–H groups in total. The Morgan fingerprint density at radius 2 is 1.59 bits per heavy atom. The van der Waals surface area contributed by atoms with Crippen molar-refractivity contribution in [2.24, 2.45) is 29.6 Å². The number of pyridine rings is 1. The lowest BCUT2D eigenvalue weighted by molar-refractivity contribution is -0.147. The number of anilines is 1. The lowest BCUT2D eigenvalue weighted by atomic mass is 9.50. The van der Waals surface area contributed by atoms with Crippen molar-refractivity contribution in [3.63, 3.8) is 0 Å². The highest BCUT2D eigenvalue weighted by Crippen LogP contribution is 2.57. The Bertz CT molecular complexity index is 908. The first-order valence-electron chi connectivity index (χ1n) is 15.4. The quantitative estimate of drug-likeness (QED) is 0.406. The fraction of sp³-hybridized carbons (Fsp3) is 0.735. The zero-order valence-electron chi connectivity index (χ0n) is 24.4. The zero-order valence-corrected chi connectivity index (χ0v) is 24.4. The molecule has 6 fully saturated rings. The standard InChI is InChI=1S/C18H26N2.C11H18O.C5H10/c1-14(2)16-9-10-18(20-11-5-6-12-20)19-17(16)13-15-7-3-4-8-15;1-7-9-2-8-3-10(7)6-11(12,4-8)5-9;1-4-5(2)3/h9-10,15H,1,3-8,11-13H2,2H3;7-10,12H,2-6H2,1H3;2,4H2,1,3H3. The molecular formula is C34H54N2O. The van der Waals surface area contributed by atoms with E-state index in [1.54, 1.807) is 0 Å². The van der Waals surface area contributed by atoms with E-state index in [1.165, 1.54) is 87.1 Å². The summed E-state index contributed by atoms with van der Waals surface area (Å²) < 4.78 is 0. The summed E-state index contributed by atoms with van der Waals surface area (Å²) in [6, 6.07) is 4.43. The molecule has 4 bridgehead atoms. The highest BCUT2D eigenvalue weighted by atomic mass is 16.3. The fourth-order valence-electron chi connectivity index (χ4n) is 7.88. The molecular weight excluding hydrogens is 452 g/mol. The van der Waals surface area contributed by atoms with Gasteiger partial charge in [0.2, 0.25) is 0 Å². The van der Waals surface area contributed by atoms with Crippen LogP contribution >= 0.6 is 0 Å². The van der Waals surface area contributed by atoms with Gasteiger partial charge in [-0.1, -0.05) is 51.7 Å². The monoisotopic (exact) mass is 506 g/mol. The average Bonchev–Trinajstić information content (AvgIpc) is 3.57. The second-order valence-electron chi connectivity index (χ2n) is 13.4. The predicted molar refractivity (Wildman–Crippen MR) is 159 cm³/mol. The van der Waals surface area contributed by atoms with Gasteiger partial charge < -0.3 is 10.0 Å². The molecule has 1 aromatic rings. The number of nitrogens with zero attached hydrogens (tertiary/aromatic N) is 2. The van der Waals surface area contributed by atoms with Crippen LogP contribution in [0.2, 0.25) is 0 Å². The van der Waals surface area contributed by atoms with E-state index in [0.717, 1.165) is 67.3 Å². The number of hydrogen-bond acceptors (Lipinski definition) is 3. The van der Waals surface area contributed by atoms with E-state index in [-0.39, 0.29) is 5.60 Å². The summed E-state index contributed by atoms with van der Waals surface area (Å²) in [6.07, 6.45) is 16.6. The van der Waals surface area contributed by atoms with Crippen molar-refractivity contribution in [3.05, 3.63) is 42.1 Å². The number of allylic oxidation sites excluding steroid dienone is 2. The molecule has 5 saturated carbocycles. The molecule has 1 saturated heterocycles. The van der Waals surface area contributed by atoms with Crippen molar-refractivity contribution in [3.8, 4) is 0 Å². The lowest BCUT2D eigenvalue weighted by Gasteiger charge is -2.57. The number of rotatable bonds is 5. The van der Waals surface area contributed by atoms with Crippen molar-refractivity contribution >= 4 is 11.4 Å². The summed E-state index contributed by atoms with van der Waals surface area (Å²) in [6.45, 7) is 18.8. The molecule has 2 atom stereocenters. The van der Waals surface area contributed by atoms with Gasteiger partial charge in [0, 0.05) is 13.1 Å². The zero-order chi connectivity index (χ0) is 26.6. The van der Waals surface area contributed by atoms with Crippen molar-refractivity contribution in [1.29, 1.82) is 0 Å². The van der Waals surface area contributed by atoms with Crippen molar-refractivity contribution < 1.29 is 5.11 Å². The smallest absolute Gasteiger partial charge is 0.128 e. The van der Waals surface area contributed by atoms with Crippen LogP contribution < -0.4 is 4.90 Å². The number of aromatic nitrogens is 1. The van der Waals surface area contributed by atoms with Crippen molar-refractivity contribution in [2.45, 2.75) is 117 Å². The topological polar surface area (TPSA) is 36.4 Å². The van der Waals surface area contributed by atoms with Gasteiger partial charge in [-0.2, -0.15) is 0 Å². The molecule has 206 valence electrons. The highest BCUT2D eigenvalue weighted by Gasteiger charge is 2.53. The Labute approximate surface area is 227 Å². The van der Waals surface area contributed by atoms with Crippen LogP contribution in [0.3, 0.4) is 0 Å². The van der Waals surface area contributed by atoms with E-state index in [4.69, 9.17) is 4.98 Å². The summed E-state index contributed by atoms with van der Waals surface area (Å²) in [5, 5.41) is 10.2. The molecule has 0 amide bonds. The third kappa shape index (κ3) is 7.28. The minimum absolute atomic E-state index is 0.219. The van der Waals surface area contributed by atoms with Crippen LogP contribution in [0, 0.1) is 29.6 Å². The molecule has 3 nitrogen and oxygen atoms in total. The second kappa shape index (κ2) is 12.5. The maximum atomic E-state index is 10.2. The third-order valence-corrected chi connectivity index (χ3v) is 10.1. The van der Waals surface area contributed by atoms with Gasteiger partial charge in [-0.3, -0.25) is 0 Å². The van der Waals surface area contributed by atoms with Crippen LogP contribution in [0.25, 0.3) is 5.57 Å². The molecule has 6 aliphatic rings. The van der Waals surface area contributed by atoms with Crippen LogP contribution in [0.4, 0.5) is 5.82 Å². The average molecular weight is 507 g/mol. The van der Waals surface area contributed by atoms with E-state index >= 15 is 0 Å². The molecule has 37 heavy (non-hydrogen) atoms. The van der Waals surface area contributed by atoms with E-state index in [0.29, 0.717) is 0 Å². The van der Waals surface area contributed by atoms with Crippen molar-refractivity contribution in [2.75, 3.05) is 18.0 Å². The van der Waals surface area contributed by atoms with Crippen LogP contribution in [0.5, 0.6) is 0 Å². The van der Waals surface area contributed by atoms with Crippen LogP contribution in [-0.4, -0.2) is 28.8 Å². The van der Waals surface area contributed by atoms with Gasteiger partial charge in [0.05, 0.1) is 11.3 Å². The van der Waals surface area contributed by atoms with E-state index < -0.39 is 0 Å². The third-order valence-electron chi connectivity index (χ3n) is 10.1. The summed E-state index contributed by atoms with van der Waals surface area (Å²) in [4.78, 5) is 7.44. The molecule has 1 aliphatic heterocycles. The van der Waals surface area contributed by atoms with Gasteiger partial charge in [-0.05, 0) is 124 Å². The maximum absolute atomic E-state index is 10.2. The van der Waals surface area contributed by atoms with Crippen molar-refractivity contribution in [1.82, 2.24) is 4.98 Å². The summed E-state index contributed by atoms with van der Waals surface area (Å²) in [5.41, 5.74) is 4.75. The molecule has 2 unspecified atom stereocenters. The van der Waals surface area contributed by atoms with Crippen LogP contribution in [-0.2, 0) is 6.42 Å². The summed E-state index contributed by atoms with van der Waals surface area (Å²) in [7, 11) is 0. The Balaban J connectivity index is 0.000000158. The number of aliphatic hydroxyl groups is 1. The SMILES string of the molecule is C=C(C)CC.C=C(C)c1ccc(N2CCCC2)nc1CC1CCCC1.CC1C2CC3CC1CC(O)(C3)C2. The molecule has 5 aliphatic carbocycles. The predicted octanol–water partition coefficient (Wildman–Crippen LogP) is 8.61. The van der Waals surface area contributed by atoms with E-state index in [2.05, 4.69) is 51.0 Å². The largest absolute Gasteiger partial charge is 0.390 e. The molecule has 0 spiro atoms. The molecule has 7 rings (SSSR count). The Kier molecular flexibility index (Phi) is 9.59. The van der Waals surface area contributed by atoms with Crippen LogP contribution in [0.1, 0.15) is 116 Å². The second-order valence-corrected chi connectivity index (χ2v) is 13.4. The first kappa shape index (κ1) is 28.4. The first-order valence-corrected chi connectivity index (χ1v) is 15.4. The van der Waals surface area contributed by atoms with E-state index in [9.17, 15) is 5.11 Å². The Morgan fingerprint density at radius 1 is 1.00 bits per heavy atom. The highest BCUT2D eigenvalue weighted by molar-refractivity contribution is 5.65. The minimum Gasteiger partial charge on any atom is -0.390 e. The molecule has 1 aromatic heterocycles. The van der Waals surface area contributed by atoms with Gasteiger partial charge in [0.15, 0.2) is 0 Å². The normalized spacial score (nSPS) is 32.0. The fourth-order valence-corrected chi connectivity index (χ4v) is 7.88. The van der Waals surface area contributed by atoms with Gasteiger partial charge in [-0.15, -0.1) is 6.58 Å². The summed E-state index contributed by atoms with van der Waals surface area (Å²) in [5.74, 6) is 5.53. The lowest BCUT2D eigenvalue weighted by Crippen LogP contribution is -2.53. The van der Waals surface area contributed by atoms with Crippen LogP contribution in [0.15, 0.2) is 30.9 Å². The molecule has 0 radical (unpaired) electrons.